The molecule has 8 heteroatoms. The van der Waals surface area contributed by atoms with Crippen LogP contribution in [0.3, 0.4) is 0 Å². The third-order valence-electron chi connectivity index (χ3n) is 5.54. The summed E-state index contributed by atoms with van der Waals surface area (Å²) in [4.78, 5) is 12.3. The maximum atomic E-state index is 13.6. The van der Waals surface area contributed by atoms with Crippen molar-refractivity contribution >= 4 is 23.9 Å². The maximum absolute atomic E-state index is 13.6. The van der Waals surface area contributed by atoms with Crippen LogP contribution in [-0.4, -0.2) is 32.6 Å². The van der Waals surface area contributed by atoms with Gasteiger partial charge in [-0.05, 0) is 25.8 Å². The highest BCUT2D eigenvalue weighted by Gasteiger charge is 2.24. The molecule has 6 nitrogen and oxygen atoms in total. The molecule has 0 atom stereocenters. The Morgan fingerprint density at radius 2 is 1.91 bits per heavy atom. The van der Waals surface area contributed by atoms with Gasteiger partial charge < -0.3 is 0 Å². The molecule has 1 fully saturated rings. The molecular weight excluding hydrogens is 425 g/mol. The van der Waals surface area contributed by atoms with E-state index in [1.54, 1.807) is 18.2 Å². The van der Waals surface area contributed by atoms with Gasteiger partial charge in [0.1, 0.15) is 5.82 Å². The van der Waals surface area contributed by atoms with Crippen molar-refractivity contribution in [2.45, 2.75) is 50.2 Å². The van der Waals surface area contributed by atoms with E-state index in [9.17, 15) is 9.18 Å². The van der Waals surface area contributed by atoms with E-state index in [4.69, 9.17) is 0 Å². The van der Waals surface area contributed by atoms with Crippen LogP contribution in [0, 0.1) is 12.7 Å². The van der Waals surface area contributed by atoms with Crippen molar-refractivity contribution in [3.63, 3.8) is 0 Å². The lowest BCUT2D eigenvalue weighted by atomic mass is 9.95. The van der Waals surface area contributed by atoms with Gasteiger partial charge in [0.15, 0.2) is 11.0 Å². The third kappa shape index (κ3) is 5.43. The van der Waals surface area contributed by atoms with Crippen LogP contribution in [0.5, 0.6) is 0 Å². The number of hydrogen-bond acceptors (Lipinski definition) is 5. The highest BCUT2D eigenvalue weighted by atomic mass is 32.2. The summed E-state index contributed by atoms with van der Waals surface area (Å²) in [7, 11) is 0. The number of amides is 1. The third-order valence-corrected chi connectivity index (χ3v) is 6.49. The Morgan fingerprint density at radius 3 is 2.66 bits per heavy atom. The molecule has 1 amide bonds. The number of hydrogen-bond donors (Lipinski definition) is 1. The van der Waals surface area contributed by atoms with E-state index in [1.807, 2.05) is 0 Å². The van der Waals surface area contributed by atoms with Gasteiger partial charge in [0.05, 0.1) is 12.0 Å². The van der Waals surface area contributed by atoms with Crippen LogP contribution in [0.25, 0.3) is 11.4 Å². The van der Waals surface area contributed by atoms with Crippen molar-refractivity contribution in [3.05, 3.63) is 65.5 Å². The van der Waals surface area contributed by atoms with E-state index in [-0.39, 0.29) is 17.5 Å². The number of aryl methyl sites for hydroxylation is 1. The first kappa shape index (κ1) is 22.2. The summed E-state index contributed by atoms with van der Waals surface area (Å²) in [6, 6.07) is 14.9. The smallest absolute Gasteiger partial charge is 0.250 e. The second-order valence-corrected chi connectivity index (χ2v) is 8.88. The van der Waals surface area contributed by atoms with Crippen LogP contribution < -0.4 is 5.43 Å². The Bertz CT molecular complexity index is 1090. The molecule has 2 aromatic carbocycles. The minimum Gasteiger partial charge on any atom is -0.299 e. The number of halogens is 1. The van der Waals surface area contributed by atoms with Crippen molar-refractivity contribution in [3.8, 4) is 11.4 Å². The number of carbonyl (C=O) groups is 1. The Hall–Kier alpha value is -3.00. The number of thioether (sulfide) groups is 1. The average Bonchev–Trinajstić information content (AvgIpc) is 3.24. The molecule has 0 saturated heterocycles. The number of carbonyl (C=O) groups excluding carboxylic acids is 1. The van der Waals surface area contributed by atoms with E-state index in [0.29, 0.717) is 11.6 Å². The fourth-order valence-corrected chi connectivity index (χ4v) is 4.66. The molecule has 1 aromatic heterocycles. The number of aromatic nitrogens is 3. The minimum atomic E-state index is -0.385. The molecule has 0 unspecified atom stereocenters. The van der Waals surface area contributed by atoms with Gasteiger partial charge in [-0.25, -0.2) is 9.82 Å². The summed E-state index contributed by atoms with van der Waals surface area (Å²) < 4.78 is 15.8. The quantitative estimate of drug-likeness (QED) is 0.307. The molecule has 1 heterocycles. The fourth-order valence-electron chi connectivity index (χ4n) is 3.86. The topological polar surface area (TPSA) is 72.2 Å². The molecular formula is C24H26FN5OS. The Labute approximate surface area is 191 Å². The number of nitrogens with one attached hydrogen (secondary N) is 1. The van der Waals surface area contributed by atoms with E-state index in [1.165, 1.54) is 48.9 Å². The highest BCUT2D eigenvalue weighted by Crippen LogP contribution is 2.35. The Balaban J connectivity index is 1.46. The number of hydrazone groups is 1. The molecule has 1 aliphatic rings. The van der Waals surface area contributed by atoms with Gasteiger partial charge in [-0.15, -0.1) is 10.2 Å². The van der Waals surface area contributed by atoms with Gasteiger partial charge in [0.2, 0.25) is 0 Å². The summed E-state index contributed by atoms with van der Waals surface area (Å²) in [5.41, 5.74) is 5.00. The van der Waals surface area contributed by atoms with Crippen LogP contribution in [0.2, 0.25) is 0 Å². The second kappa shape index (κ2) is 10.5. The van der Waals surface area contributed by atoms with Crippen LogP contribution >= 0.6 is 11.8 Å². The first-order chi connectivity index (χ1) is 15.6. The average molecular weight is 452 g/mol. The molecule has 4 rings (SSSR count). The number of benzene rings is 2. The van der Waals surface area contributed by atoms with Gasteiger partial charge in [-0.1, -0.05) is 79.1 Å². The molecule has 166 valence electrons. The first-order valence-electron chi connectivity index (χ1n) is 10.8. The highest BCUT2D eigenvalue weighted by molar-refractivity contribution is 7.99. The van der Waals surface area contributed by atoms with Crippen molar-refractivity contribution in [2.75, 3.05) is 5.75 Å². The lowest BCUT2D eigenvalue weighted by Gasteiger charge is -2.25. The zero-order chi connectivity index (χ0) is 22.3. The molecule has 1 aliphatic carbocycles. The molecule has 1 saturated carbocycles. The van der Waals surface area contributed by atoms with Crippen molar-refractivity contribution in [1.82, 2.24) is 20.2 Å². The largest absolute Gasteiger partial charge is 0.299 e. The van der Waals surface area contributed by atoms with Gasteiger partial charge in [0.25, 0.3) is 5.91 Å². The van der Waals surface area contributed by atoms with Gasteiger partial charge >= 0.3 is 0 Å². The molecule has 32 heavy (non-hydrogen) atoms. The zero-order valence-corrected chi connectivity index (χ0v) is 18.8. The minimum absolute atomic E-state index is 0.146. The maximum Gasteiger partial charge on any atom is 0.250 e. The Kier molecular flexibility index (Phi) is 7.32. The number of nitrogens with zero attached hydrogens (tertiary/aromatic N) is 4. The van der Waals surface area contributed by atoms with Gasteiger partial charge in [0, 0.05) is 17.2 Å². The van der Waals surface area contributed by atoms with Crippen LogP contribution in [0.1, 0.15) is 49.3 Å². The van der Waals surface area contributed by atoms with Crippen LogP contribution in [0.4, 0.5) is 4.39 Å². The summed E-state index contributed by atoms with van der Waals surface area (Å²) in [5.74, 6) is 0.326. The molecule has 0 radical (unpaired) electrons. The lowest BCUT2D eigenvalue weighted by molar-refractivity contribution is -0.118. The molecule has 0 aliphatic heterocycles. The summed E-state index contributed by atoms with van der Waals surface area (Å²) >= 11 is 1.35. The lowest BCUT2D eigenvalue weighted by Crippen LogP contribution is -2.21. The van der Waals surface area contributed by atoms with Crippen molar-refractivity contribution < 1.29 is 9.18 Å². The monoisotopic (exact) mass is 451 g/mol. The van der Waals surface area contributed by atoms with E-state index in [0.717, 1.165) is 29.4 Å². The second-order valence-electron chi connectivity index (χ2n) is 7.94. The predicted molar refractivity (Wildman–Crippen MR) is 125 cm³/mol. The molecule has 1 N–H and O–H groups in total. The van der Waals surface area contributed by atoms with E-state index >= 15 is 0 Å². The standard InChI is InChI=1S/C24H26FN5OS/c1-17-11-13-18(14-12-17)23-28-29-24(30(23)20-8-3-2-4-9-20)32-16-22(31)27-26-15-19-7-5-6-10-21(19)25/h5-7,10-15,20H,2-4,8-9,16H2,1H3,(H,27,31)/b26-15+. The first-order valence-corrected chi connectivity index (χ1v) is 11.8. The van der Waals surface area contributed by atoms with Crippen molar-refractivity contribution in [1.29, 1.82) is 0 Å². The molecule has 0 bridgehead atoms. The van der Waals surface area contributed by atoms with Crippen LogP contribution in [0.15, 0.2) is 58.8 Å². The summed E-state index contributed by atoms with van der Waals surface area (Å²) in [6.45, 7) is 2.06. The SMILES string of the molecule is Cc1ccc(-c2nnc(SCC(=O)N/N=C/c3ccccc3F)n2C2CCCCC2)cc1. The van der Waals surface area contributed by atoms with Gasteiger partial charge in [-0.2, -0.15) is 5.10 Å². The van der Waals surface area contributed by atoms with Crippen LogP contribution in [-0.2, 0) is 4.79 Å². The normalized spacial score (nSPS) is 14.7. The predicted octanol–water partition coefficient (Wildman–Crippen LogP) is 5.14. The zero-order valence-electron chi connectivity index (χ0n) is 18.0. The van der Waals surface area contributed by atoms with E-state index in [2.05, 4.69) is 56.5 Å². The fraction of sp³-hybridized carbons (Fsp3) is 0.333. The summed E-state index contributed by atoms with van der Waals surface area (Å²) in [6.07, 6.45) is 7.10. The Morgan fingerprint density at radius 1 is 1.16 bits per heavy atom. The van der Waals surface area contributed by atoms with Gasteiger partial charge in [-0.3, -0.25) is 9.36 Å². The van der Waals surface area contributed by atoms with E-state index < -0.39 is 0 Å². The molecule has 0 spiro atoms. The summed E-state index contributed by atoms with van der Waals surface area (Å²) in [5, 5.41) is 13.5. The number of rotatable bonds is 7. The van der Waals surface area contributed by atoms with Crippen molar-refractivity contribution in [2.24, 2.45) is 5.10 Å². The molecule has 3 aromatic rings.